The van der Waals surface area contributed by atoms with E-state index in [9.17, 15) is 4.79 Å². The number of para-hydroxylation sites is 2. The van der Waals surface area contributed by atoms with Crippen molar-refractivity contribution in [3.8, 4) is 0 Å². The molecule has 23 heavy (non-hydrogen) atoms. The Balaban J connectivity index is 2.22. The average Bonchev–Trinajstić information content (AvgIpc) is 2.46. The van der Waals surface area contributed by atoms with Crippen LogP contribution in [-0.4, -0.2) is 19.3 Å². The lowest BCUT2D eigenvalue weighted by atomic mass is 10.1. The van der Waals surface area contributed by atoms with Crippen LogP contribution in [0, 0.1) is 27.7 Å². The Kier molecular flexibility index (Phi) is 5.37. The number of hydrogen-bond acceptors (Lipinski definition) is 3. The molecule has 2 rings (SSSR count). The van der Waals surface area contributed by atoms with Crippen LogP contribution in [0.25, 0.3) is 0 Å². The van der Waals surface area contributed by atoms with E-state index in [0.29, 0.717) is 0 Å². The van der Waals surface area contributed by atoms with Crippen molar-refractivity contribution in [2.75, 3.05) is 23.3 Å². The van der Waals surface area contributed by atoms with Crippen LogP contribution < -0.4 is 9.21 Å². The van der Waals surface area contributed by atoms with Crippen LogP contribution in [0.5, 0.6) is 0 Å². The predicted molar refractivity (Wildman–Crippen MR) is 102 cm³/mol. The van der Waals surface area contributed by atoms with Gasteiger partial charge in [-0.15, -0.1) is 0 Å². The molecule has 0 radical (unpaired) electrons. The standard InChI is InChI=1S/C19H24N2OS/c1-13-9-7-10-14(2)17(13)20(5)19(22)23-21(6)18-15(3)11-8-12-16(18)4/h7-12H,1-6H3. The second-order valence-corrected chi connectivity index (χ2v) is 6.97. The maximum Gasteiger partial charge on any atom is 0.306 e. The highest BCUT2D eigenvalue weighted by molar-refractivity contribution is 8.15. The Morgan fingerprint density at radius 1 is 0.783 bits per heavy atom. The summed E-state index contributed by atoms with van der Waals surface area (Å²) in [5.41, 5.74) is 6.64. The Bertz CT molecular complexity index is 687. The van der Waals surface area contributed by atoms with E-state index in [1.165, 1.54) is 23.1 Å². The van der Waals surface area contributed by atoms with Crippen LogP contribution in [0.15, 0.2) is 36.4 Å². The fourth-order valence-corrected chi connectivity index (χ4v) is 3.78. The lowest BCUT2D eigenvalue weighted by Crippen LogP contribution is -2.27. The van der Waals surface area contributed by atoms with Crippen molar-refractivity contribution >= 4 is 28.6 Å². The molecule has 0 aliphatic carbocycles. The first kappa shape index (κ1) is 17.4. The molecule has 0 heterocycles. The lowest BCUT2D eigenvalue weighted by Gasteiger charge is -2.26. The number of rotatable bonds is 3. The van der Waals surface area contributed by atoms with Crippen molar-refractivity contribution in [3.05, 3.63) is 58.7 Å². The number of carbonyl (C=O) groups is 1. The highest BCUT2D eigenvalue weighted by Crippen LogP contribution is 2.31. The number of hydrogen-bond donors (Lipinski definition) is 0. The maximum absolute atomic E-state index is 12.7. The summed E-state index contributed by atoms with van der Waals surface area (Å²) in [6.07, 6.45) is 0. The fourth-order valence-electron chi connectivity index (χ4n) is 2.95. The van der Waals surface area contributed by atoms with Gasteiger partial charge in [0.25, 0.3) is 0 Å². The molecule has 0 bridgehead atoms. The molecule has 0 aromatic heterocycles. The van der Waals surface area contributed by atoms with Crippen LogP contribution >= 0.6 is 11.9 Å². The second kappa shape index (κ2) is 7.09. The molecule has 2 aromatic rings. The minimum atomic E-state index is 0.00699. The van der Waals surface area contributed by atoms with E-state index >= 15 is 0 Å². The molecular weight excluding hydrogens is 304 g/mol. The normalized spacial score (nSPS) is 10.5. The van der Waals surface area contributed by atoms with Gasteiger partial charge in [-0.1, -0.05) is 36.4 Å². The number of amides is 1. The van der Waals surface area contributed by atoms with Crippen molar-refractivity contribution in [2.45, 2.75) is 27.7 Å². The summed E-state index contributed by atoms with van der Waals surface area (Å²) in [6, 6.07) is 12.3. The molecule has 0 fully saturated rings. The molecule has 0 aliphatic rings. The van der Waals surface area contributed by atoms with Gasteiger partial charge in [0, 0.05) is 19.8 Å². The summed E-state index contributed by atoms with van der Waals surface area (Å²) in [7, 11) is 3.78. The smallest absolute Gasteiger partial charge is 0.306 e. The number of anilines is 2. The minimum Gasteiger partial charge on any atom is -0.311 e. The number of aryl methyl sites for hydroxylation is 4. The fraction of sp³-hybridized carbons (Fsp3) is 0.316. The Labute approximate surface area is 143 Å². The largest absolute Gasteiger partial charge is 0.311 e. The van der Waals surface area contributed by atoms with Gasteiger partial charge in [0.05, 0.1) is 17.6 Å². The molecule has 0 saturated heterocycles. The van der Waals surface area contributed by atoms with Crippen molar-refractivity contribution in [2.24, 2.45) is 0 Å². The van der Waals surface area contributed by atoms with E-state index in [1.807, 2.05) is 56.5 Å². The van der Waals surface area contributed by atoms with Crippen molar-refractivity contribution in [1.82, 2.24) is 0 Å². The molecule has 0 N–H and O–H groups in total. The summed E-state index contributed by atoms with van der Waals surface area (Å²) >= 11 is 1.22. The second-order valence-electron chi connectivity index (χ2n) is 5.89. The summed E-state index contributed by atoms with van der Waals surface area (Å²) < 4.78 is 1.96. The summed E-state index contributed by atoms with van der Waals surface area (Å²) in [5, 5.41) is 0.00699. The van der Waals surface area contributed by atoms with Crippen LogP contribution in [0.3, 0.4) is 0 Å². The van der Waals surface area contributed by atoms with Gasteiger partial charge in [-0.25, -0.2) is 0 Å². The molecular formula is C19H24N2OS. The predicted octanol–water partition coefficient (Wildman–Crippen LogP) is 5.26. The van der Waals surface area contributed by atoms with Gasteiger partial charge in [0.2, 0.25) is 0 Å². The SMILES string of the molecule is Cc1cccc(C)c1N(C)SC(=O)N(C)c1c(C)cccc1C. The Morgan fingerprint density at radius 3 is 1.61 bits per heavy atom. The molecule has 0 saturated carbocycles. The molecule has 0 aliphatic heterocycles. The van der Waals surface area contributed by atoms with Crippen molar-refractivity contribution in [3.63, 3.8) is 0 Å². The van der Waals surface area contributed by atoms with Crippen LogP contribution in [-0.2, 0) is 0 Å². The molecule has 2 aromatic carbocycles. The first-order chi connectivity index (χ1) is 10.8. The molecule has 0 atom stereocenters. The van der Waals surface area contributed by atoms with E-state index in [0.717, 1.165) is 22.5 Å². The van der Waals surface area contributed by atoms with E-state index in [4.69, 9.17) is 0 Å². The summed E-state index contributed by atoms with van der Waals surface area (Å²) in [4.78, 5) is 14.4. The van der Waals surface area contributed by atoms with Crippen LogP contribution in [0.1, 0.15) is 22.3 Å². The van der Waals surface area contributed by atoms with Crippen molar-refractivity contribution < 1.29 is 4.79 Å². The van der Waals surface area contributed by atoms with Crippen LogP contribution in [0.2, 0.25) is 0 Å². The molecule has 1 amide bonds. The quantitative estimate of drug-likeness (QED) is 0.718. The monoisotopic (exact) mass is 328 g/mol. The molecule has 0 spiro atoms. The third-order valence-corrected chi connectivity index (χ3v) is 4.90. The molecule has 3 nitrogen and oxygen atoms in total. The number of carbonyl (C=O) groups excluding carboxylic acids is 1. The third-order valence-electron chi connectivity index (χ3n) is 4.02. The van der Waals surface area contributed by atoms with Gasteiger partial charge in [0.15, 0.2) is 0 Å². The van der Waals surface area contributed by atoms with Crippen molar-refractivity contribution in [1.29, 1.82) is 0 Å². The molecule has 122 valence electrons. The molecule has 0 unspecified atom stereocenters. The number of benzene rings is 2. The zero-order valence-corrected chi connectivity index (χ0v) is 15.5. The van der Waals surface area contributed by atoms with Gasteiger partial charge >= 0.3 is 5.24 Å². The van der Waals surface area contributed by atoms with E-state index in [1.54, 1.807) is 4.90 Å². The first-order valence-electron chi connectivity index (χ1n) is 7.64. The highest BCUT2D eigenvalue weighted by Gasteiger charge is 2.19. The lowest BCUT2D eigenvalue weighted by molar-refractivity contribution is 0.266. The van der Waals surface area contributed by atoms with Gasteiger partial charge < -0.3 is 9.21 Å². The molecule has 4 heteroatoms. The zero-order valence-electron chi connectivity index (χ0n) is 14.7. The van der Waals surface area contributed by atoms with E-state index in [2.05, 4.69) is 26.0 Å². The number of nitrogens with zero attached hydrogens (tertiary/aromatic N) is 2. The Hall–Kier alpha value is -1.94. The first-order valence-corrected chi connectivity index (χ1v) is 8.42. The van der Waals surface area contributed by atoms with Gasteiger partial charge in [-0.2, -0.15) is 0 Å². The van der Waals surface area contributed by atoms with Gasteiger partial charge in [-0.05, 0) is 49.9 Å². The maximum atomic E-state index is 12.7. The Morgan fingerprint density at radius 2 is 1.17 bits per heavy atom. The van der Waals surface area contributed by atoms with Gasteiger partial charge in [0.1, 0.15) is 0 Å². The average molecular weight is 328 g/mol. The highest BCUT2D eigenvalue weighted by atomic mass is 32.2. The van der Waals surface area contributed by atoms with Crippen LogP contribution in [0.4, 0.5) is 16.2 Å². The van der Waals surface area contributed by atoms with E-state index in [-0.39, 0.29) is 5.24 Å². The van der Waals surface area contributed by atoms with E-state index < -0.39 is 0 Å². The third kappa shape index (κ3) is 3.70. The summed E-state index contributed by atoms with van der Waals surface area (Å²) in [6.45, 7) is 8.20. The topological polar surface area (TPSA) is 23.6 Å². The van der Waals surface area contributed by atoms with Gasteiger partial charge in [-0.3, -0.25) is 4.79 Å². The minimum absolute atomic E-state index is 0.00699. The zero-order chi connectivity index (χ0) is 17.1. The summed E-state index contributed by atoms with van der Waals surface area (Å²) in [5.74, 6) is 0.